The van der Waals surface area contributed by atoms with E-state index in [1.807, 2.05) is 54.7 Å². The average molecular weight is 1750 g/mol. The van der Waals surface area contributed by atoms with Crippen molar-refractivity contribution in [2.24, 2.45) is 59.2 Å². The number of nitrogens with two attached hydrogens (primary N) is 1. The minimum Gasteiger partial charge on any atom is -0.490 e. The average Bonchev–Trinajstić information content (AvgIpc) is 0.871. The van der Waals surface area contributed by atoms with E-state index in [0.29, 0.717) is 60.1 Å². The van der Waals surface area contributed by atoms with E-state index in [2.05, 4.69) is 302 Å². The van der Waals surface area contributed by atoms with E-state index in [9.17, 15) is 0 Å². The molecule has 1 heterocycles. The van der Waals surface area contributed by atoms with Gasteiger partial charge in [0.25, 0.3) is 0 Å². The van der Waals surface area contributed by atoms with Crippen LogP contribution in [0.25, 0.3) is 0 Å². The van der Waals surface area contributed by atoms with Crippen LogP contribution in [0.5, 0.6) is 28.7 Å². The van der Waals surface area contributed by atoms with Crippen LogP contribution in [0.4, 0.5) is 5.69 Å². The highest BCUT2D eigenvalue weighted by Gasteiger charge is 2.33. The Morgan fingerprint density at radius 2 is 0.586 bits per heavy atom. The van der Waals surface area contributed by atoms with Gasteiger partial charge >= 0.3 is 0 Å². The Hall–Kier alpha value is -8.98. The quantitative estimate of drug-likeness (QED) is 0.0210. The third-order valence-corrected chi connectivity index (χ3v) is 27.8. The largest absolute Gasteiger partial charge is 0.490 e. The number of hydrogen-bond donors (Lipinski definition) is 6. The highest BCUT2D eigenvalue weighted by molar-refractivity contribution is 6.31. The fourth-order valence-electron chi connectivity index (χ4n) is 19.7. The first kappa shape index (κ1) is 99.6. The van der Waals surface area contributed by atoms with E-state index in [4.69, 9.17) is 41.0 Å². The van der Waals surface area contributed by atoms with Crippen LogP contribution in [-0.2, 0) is 32.7 Å². The lowest BCUT2D eigenvalue weighted by Crippen LogP contribution is -2.33. The van der Waals surface area contributed by atoms with Gasteiger partial charge in [0.1, 0.15) is 28.7 Å². The minimum atomic E-state index is 0.349. The van der Waals surface area contributed by atoms with E-state index in [1.165, 1.54) is 171 Å². The van der Waals surface area contributed by atoms with E-state index in [0.717, 1.165) is 153 Å². The third kappa shape index (κ3) is 36.1. The van der Waals surface area contributed by atoms with Gasteiger partial charge in [0.15, 0.2) is 0 Å². The summed E-state index contributed by atoms with van der Waals surface area (Å²) >= 11 is 6.24. The van der Waals surface area contributed by atoms with Crippen molar-refractivity contribution in [3.63, 3.8) is 0 Å². The van der Waals surface area contributed by atoms with E-state index < -0.39 is 0 Å². The number of pyridine rings is 1. The van der Waals surface area contributed by atoms with Gasteiger partial charge < -0.3 is 56.0 Å². The zero-order chi connectivity index (χ0) is 90.0. The summed E-state index contributed by atoms with van der Waals surface area (Å²) in [5, 5.41) is 18.9. The number of nitrogen functional groups attached to an aromatic ring is 1. The Morgan fingerprint density at radius 1 is 0.297 bits per heavy atom. The molecule has 688 valence electrons. The molecule has 128 heavy (non-hydrogen) atoms. The fraction of sp³-hybridized carbons (Fsp3) is 0.487. The number of ether oxygens (including phenoxy) is 5. The molecule has 9 aromatic carbocycles. The molecule has 10 aromatic rings. The monoisotopic (exact) mass is 1750 g/mol. The molecule has 15 unspecified atom stereocenters. The Bertz CT molecular complexity index is 4520. The van der Waals surface area contributed by atoms with Gasteiger partial charge in [-0.1, -0.05) is 210 Å². The molecule has 15 atom stereocenters. The number of hydrogen-bond acceptors (Lipinski definition) is 12. The van der Waals surface area contributed by atoms with Gasteiger partial charge in [0, 0.05) is 49.6 Å². The Kier molecular flexibility index (Phi) is 42.5. The molecule has 0 aliphatic heterocycles. The Morgan fingerprint density at radius 3 is 0.922 bits per heavy atom. The molecule has 0 saturated heterocycles. The standard InChI is InChI=1S/C24H33NO.C23H30ClNO.C23H32N2O.C23H31NO.C22H30N2O/c1-18-7-4-9-21(13-18)17-25-16-20(3)22-10-6-12-24(15-22)26-23-11-5-8-19(2)14-23;2*1-17-7-5-10-21(13-17)26-22-11-6-9-19(14-22)18(2)15-25-16-20-8-3-4-12-23(20)24;1-18-8-6-12-22(14-18)25-23-13-7-11-21(15-23)19(2)16-24-17-20-9-4-3-5-10-20;1-17-7-5-10-21(13-17)25-22-11-6-8-19(14-22)18(2)15-23-16-20-9-3-4-12-24-20/h4-5,7-9,11,13-14,20,22,24-25H,6,10,12,15-17H2,1-3H3;3-5,7-8,10,12-13,18-19,22,25H,6,9,11,14-16H2,1-2H3;3-5,7-8,10,12-13,18-19,22,25H,6,9,11,14-16,24H2,1-2H3;3-6,8-10,12,14,19,21,23-24H,7,11,13,15-17H2,1-2H3;3-5,7,9-10,12-13,18-19,22-23H,6,8,11,14-16H2,1-2H3. The zero-order valence-corrected chi connectivity index (χ0v) is 80.2. The predicted molar refractivity (Wildman–Crippen MR) is 536 cm³/mol. The second-order valence-corrected chi connectivity index (χ2v) is 38.9. The SMILES string of the molecule is Cc1cccc(CNCC(C)C2CCCC(Oc3cccc(C)c3)C2)c1.Cc1cccc(OC2CCCC(C(C)CNCc3ccccc3)C2)c1.Cc1cccc(OC2CCCC(C(C)CNCc3ccccc3Cl)C2)c1.Cc1cccc(OC2CCCC(C(C)CNCc3ccccc3N)C2)c1.Cc1cccc(OC2CCCC(C(C)CNCc3ccccn3)C2)c1. The Labute approximate surface area is 777 Å². The van der Waals surface area contributed by atoms with E-state index in [1.54, 1.807) is 0 Å². The van der Waals surface area contributed by atoms with Crippen LogP contribution >= 0.6 is 11.6 Å². The molecule has 5 fully saturated rings. The van der Waals surface area contributed by atoms with Crippen molar-refractivity contribution in [3.8, 4) is 28.7 Å². The molecule has 12 nitrogen and oxygen atoms in total. The van der Waals surface area contributed by atoms with E-state index >= 15 is 0 Å². The van der Waals surface area contributed by atoms with Gasteiger partial charge in [-0.25, -0.2) is 0 Å². The Balaban J connectivity index is 0.000000155. The van der Waals surface area contributed by atoms with Gasteiger partial charge in [0.2, 0.25) is 0 Å². The summed E-state index contributed by atoms with van der Waals surface area (Å²) in [5.74, 6) is 12.1. The predicted octanol–water partition coefficient (Wildman–Crippen LogP) is 26.7. The second-order valence-electron chi connectivity index (χ2n) is 38.5. The smallest absolute Gasteiger partial charge is 0.119 e. The number of para-hydroxylation sites is 1. The van der Waals surface area contributed by atoms with Crippen LogP contribution in [-0.4, -0.2) is 68.2 Å². The first-order valence-electron chi connectivity index (χ1n) is 49.0. The van der Waals surface area contributed by atoms with Crippen LogP contribution in [0.2, 0.25) is 5.02 Å². The molecule has 0 bridgehead atoms. The molecule has 5 saturated carbocycles. The van der Waals surface area contributed by atoms with Crippen molar-refractivity contribution in [2.75, 3.05) is 38.5 Å². The van der Waals surface area contributed by atoms with Gasteiger partial charge in [-0.15, -0.1) is 0 Å². The molecule has 0 amide bonds. The molecule has 1 aromatic heterocycles. The lowest BCUT2D eigenvalue weighted by Gasteiger charge is -2.33. The molecule has 0 radical (unpaired) electrons. The van der Waals surface area contributed by atoms with Gasteiger partial charge in [0.05, 0.1) is 36.2 Å². The summed E-state index contributed by atoms with van der Waals surface area (Å²) in [6.45, 7) is 34.3. The fourth-order valence-corrected chi connectivity index (χ4v) is 19.9. The number of rotatable bonds is 35. The van der Waals surface area contributed by atoms with Gasteiger partial charge in [-0.2, -0.15) is 0 Å². The second kappa shape index (κ2) is 54.6. The molecule has 0 spiro atoms. The van der Waals surface area contributed by atoms with Crippen LogP contribution in [0.3, 0.4) is 0 Å². The molecule has 5 aliphatic carbocycles. The first-order valence-corrected chi connectivity index (χ1v) is 49.4. The molecule has 13 heteroatoms. The normalized spacial score (nSPS) is 21.5. The lowest BCUT2D eigenvalue weighted by molar-refractivity contribution is 0.102. The van der Waals surface area contributed by atoms with Crippen molar-refractivity contribution < 1.29 is 23.7 Å². The third-order valence-electron chi connectivity index (χ3n) is 27.4. The minimum absolute atomic E-state index is 0.349. The van der Waals surface area contributed by atoms with Crippen molar-refractivity contribution in [2.45, 2.75) is 268 Å². The summed E-state index contributed by atoms with van der Waals surface area (Å²) in [7, 11) is 0. The summed E-state index contributed by atoms with van der Waals surface area (Å²) in [6, 6.07) is 83.8. The van der Waals surface area contributed by atoms with Crippen molar-refractivity contribution >= 4 is 17.3 Å². The van der Waals surface area contributed by atoms with E-state index in [-0.39, 0.29) is 0 Å². The molecular formula is C115H156ClN7O5. The maximum atomic E-state index is 6.28. The maximum absolute atomic E-state index is 6.28. The topological polar surface area (TPSA) is 145 Å². The lowest BCUT2D eigenvalue weighted by atomic mass is 9.79. The number of anilines is 1. The summed E-state index contributed by atoms with van der Waals surface area (Å²) in [6.07, 6.45) is 28.4. The molecule has 15 rings (SSSR count). The molecule has 5 aliphatic rings. The summed E-state index contributed by atoms with van der Waals surface area (Å²) in [4.78, 5) is 4.37. The summed E-state index contributed by atoms with van der Waals surface area (Å²) < 4.78 is 31.4. The zero-order valence-electron chi connectivity index (χ0n) is 79.5. The van der Waals surface area contributed by atoms with Crippen LogP contribution in [0.1, 0.15) is 224 Å². The molecule has 7 N–H and O–H groups in total. The van der Waals surface area contributed by atoms with Gasteiger partial charge in [-0.3, -0.25) is 4.98 Å². The number of nitrogens with zero attached hydrogens (tertiary/aromatic N) is 1. The van der Waals surface area contributed by atoms with Crippen molar-refractivity contribution in [1.82, 2.24) is 31.6 Å². The maximum Gasteiger partial charge on any atom is 0.119 e. The van der Waals surface area contributed by atoms with Crippen LogP contribution < -0.4 is 56.0 Å². The van der Waals surface area contributed by atoms with Crippen molar-refractivity contribution in [3.05, 3.63) is 315 Å². The number of aromatic nitrogens is 1. The number of halogens is 1. The molecular weight excluding hydrogens is 1590 g/mol. The van der Waals surface area contributed by atoms with Crippen LogP contribution in [0.15, 0.2) is 249 Å². The van der Waals surface area contributed by atoms with Crippen LogP contribution in [0, 0.1) is 101 Å². The summed E-state index contributed by atoms with van der Waals surface area (Å²) in [5.41, 5.74) is 20.7. The number of aryl methyl sites for hydroxylation is 6. The van der Waals surface area contributed by atoms with Crippen molar-refractivity contribution in [1.29, 1.82) is 0 Å². The number of nitrogens with one attached hydrogen (secondary N) is 5. The van der Waals surface area contributed by atoms with Gasteiger partial charge in [-0.05, 0) is 397 Å². The number of benzene rings is 9. The first-order chi connectivity index (χ1) is 62.2. The highest BCUT2D eigenvalue weighted by Crippen LogP contribution is 2.39. The highest BCUT2D eigenvalue weighted by atomic mass is 35.5.